The zero-order valence-corrected chi connectivity index (χ0v) is 12.0. The molecule has 0 atom stereocenters. The standard InChI is InChI=1S/C13H15NOS2/c1-7-6-11(15-4)8(2)5-10(7)12-9(3)17-13(16)14-12/h5-6H,1-4H3,(H,14,16). The number of thiazole rings is 1. The molecule has 2 rings (SSSR count). The molecule has 0 aliphatic heterocycles. The van der Waals surface area contributed by atoms with Gasteiger partial charge in [-0.25, -0.2) is 0 Å². The molecule has 1 N–H and O–H groups in total. The molecular weight excluding hydrogens is 250 g/mol. The Hall–Kier alpha value is -1.13. The van der Waals surface area contributed by atoms with E-state index in [1.165, 1.54) is 16.0 Å². The van der Waals surface area contributed by atoms with Gasteiger partial charge in [0.15, 0.2) is 3.95 Å². The molecule has 0 aliphatic rings. The molecule has 2 aromatic rings. The number of ether oxygens (including phenoxy) is 1. The van der Waals surface area contributed by atoms with E-state index < -0.39 is 0 Å². The van der Waals surface area contributed by atoms with Crippen molar-refractivity contribution in [1.82, 2.24) is 4.98 Å². The molecule has 4 heteroatoms. The van der Waals surface area contributed by atoms with Gasteiger partial charge in [0.1, 0.15) is 5.75 Å². The molecule has 0 saturated carbocycles. The summed E-state index contributed by atoms with van der Waals surface area (Å²) in [5.74, 6) is 0.928. The van der Waals surface area contributed by atoms with Crippen molar-refractivity contribution in [1.29, 1.82) is 0 Å². The predicted molar refractivity (Wildman–Crippen MR) is 75.7 cm³/mol. The number of hydrogen-bond acceptors (Lipinski definition) is 3. The van der Waals surface area contributed by atoms with Gasteiger partial charge in [-0.2, -0.15) is 0 Å². The number of aromatic nitrogens is 1. The smallest absolute Gasteiger partial charge is 0.159 e. The van der Waals surface area contributed by atoms with Gasteiger partial charge in [-0.05, 0) is 56.2 Å². The van der Waals surface area contributed by atoms with Crippen LogP contribution in [0, 0.1) is 24.7 Å². The highest BCUT2D eigenvalue weighted by atomic mass is 32.1. The van der Waals surface area contributed by atoms with E-state index in [0.717, 1.165) is 21.0 Å². The lowest BCUT2D eigenvalue weighted by molar-refractivity contribution is 0.411. The number of nitrogens with one attached hydrogen (secondary N) is 1. The van der Waals surface area contributed by atoms with E-state index >= 15 is 0 Å². The molecule has 17 heavy (non-hydrogen) atoms. The zero-order chi connectivity index (χ0) is 12.6. The average molecular weight is 265 g/mol. The van der Waals surface area contributed by atoms with Gasteiger partial charge < -0.3 is 9.72 Å². The largest absolute Gasteiger partial charge is 0.496 e. The van der Waals surface area contributed by atoms with Gasteiger partial charge in [0, 0.05) is 10.4 Å². The molecule has 90 valence electrons. The summed E-state index contributed by atoms with van der Waals surface area (Å²) < 4.78 is 6.15. The number of H-pyrrole nitrogens is 1. The number of benzene rings is 1. The van der Waals surface area contributed by atoms with Crippen LogP contribution in [0.15, 0.2) is 12.1 Å². The monoisotopic (exact) mass is 265 g/mol. The van der Waals surface area contributed by atoms with Crippen molar-refractivity contribution in [2.45, 2.75) is 20.8 Å². The van der Waals surface area contributed by atoms with Gasteiger partial charge in [0.05, 0.1) is 12.8 Å². The van der Waals surface area contributed by atoms with Crippen LogP contribution in [-0.4, -0.2) is 12.1 Å². The minimum absolute atomic E-state index is 0.824. The maximum atomic E-state index is 5.32. The molecule has 0 radical (unpaired) electrons. The first-order chi connectivity index (χ1) is 8.02. The quantitative estimate of drug-likeness (QED) is 0.814. The van der Waals surface area contributed by atoms with E-state index in [-0.39, 0.29) is 0 Å². The van der Waals surface area contributed by atoms with Crippen LogP contribution in [-0.2, 0) is 0 Å². The number of aromatic amines is 1. The first-order valence-corrected chi connectivity index (χ1v) is 6.60. The first kappa shape index (κ1) is 12.3. The zero-order valence-electron chi connectivity index (χ0n) is 10.4. The average Bonchev–Trinajstić information content (AvgIpc) is 2.60. The molecule has 1 aromatic heterocycles. The maximum Gasteiger partial charge on any atom is 0.159 e. The van der Waals surface area contributed by atoms with Crippen molar-refractivity contribution in [3.05, 3.63) is 32.1 Å². The summed E-state index contributed by atoms with van der Waals surface area (Å²) in [4.78, 5) is 4.48. The van der Waals surface area contributed by atoms with Crippen LogP contribution in [0.4, 0.5) is 0 Å². The molecule has 0 unspecified atom stereocenters. The third kappa shape index (κ3) is 2.28. The van der Waals surface area contributed by atoms with E-state index in [9.17, 15) is 0 Å². The topological polar surface area (TPSA) is 25.0 Å². The Balaban J connectivity index is 2.64. The highest BCUT2D eigenvalue weighted by molar-refractivity contribution is 7.73. The van der Waals surface area contributed by atoms with Crippen LogP contribution < -0.4 is 4.74 Å². The Morgan fingerprint density at radius 3 is 2.41 bits per heavy atom. The first-order valence-electron chi connectivity index (χ1n) is 5.38. The van der Waals surface area contributed by atoms with Gasteiger partial charge in [-0.15, -0.1) is 11.3 Å². The Morgan fingerprint density at radius 2 is 1.88 bits per heavy atom. The molecule has 1 heterocycles. The van der Waals surface area contributed by atoms with Crippen molar-refractivity contribution in [2.75, 3.05) is 7.11 Å². The van der Waals surface area contributed by atoms with Crippen molar-refractivity contribution in [2.24, 2.45) is 0 Å². The second-order valence-corrected chi connectivity index (χ2v) is 5.97. The number of rotatable bonds is 2. The lowest BCUT2D eigenvalue weighted by Gasteiger charge is -2.10. The van der Waals surface area contributed by atoms with Gasteiger partial charge in [-0.3, -0.25) is 0 Å². The maximum absolute atomic E-state index is 5.32. The lowest BCUT2D eigenvalue weighted by Crippen LogP contribution is -1.92. The minimum atomic E-state index is 0.824. The van der Waals surface area contributed by atoms with Crippen LogP contribution >= 0.6 is 23.6 Å². The van der Waals surface area contributed by atoms with Crippen LogP contribution in [0.3, 0.4) is 0 Å². The molecule has 0 spiro atoms. The van der Waals surface area contributed by atoms with Crippen LogP contribution in [0.25, 0.3) is 11.3 Å². The Labute approximate surface area is 110 Å². The summed E-state index contributed by atoms with van der Waals surface area (Å²) in [5.41, 5.74) is 4.66. The fraction of sp³-hybridized carbons (Fsp3) is 0.308. The van der Waals surface area contributed by atoms with Crippen LogP contribution in [0.2, 0.25) is 0 Å². The van der Waals surface area contributed by atoms with Gasteiger partial charge in [0.2, 0.25) is 0 Å². The van der Waals surface area contributed by atoms with Gasteiger partial charge in [-0.1, -0.05) is 0 Å². The molecule has 0 amide bonds. The summed E-state index contributed by atoms with van der Waals surface area (Å²) in [6.07, 6.45) is 0. The van der Waals surface area contributed by atoms with E-state index in [1.54, 1.807) is 18.4 Å². The molecule has 2 nitrogen and oxygen atoms in total. The lowest BCUT2D eigenvalue weighted by atomic mass is 10.0. The summed E-state index contributed by atoms with van der Waals surface area (Å²) in [7, 11) is 1.70. The van der Waals surface area contributed by atoms with Crippen LogP contribution in [0.5, 0.6) is 5.75 Å². The fourth-order valence-corrected chi connectivity index (χ4v) is 3.11. The number of aryl methyl sites for hydroxylation is 3. The minimum Gasteiger partial charge on any atom is -0.496 e. The molecule has 0 bridgehead atoms. The number of hydrogen-bond donors (Lipinski definition) is 1. The van der Waals surface area contributed by atoms with Crippen molar-refractivity contribution >= 4 is 23.6 Å². The molecule has 0 saturated heterocycles. The van der Waals surface area contributed by atoms with E-state index in [1.807, 2.05) is 0 Å². The normalized spacial score (nSPS) is 10.6. The highest BCUT2D eigenvalue weighted by Gasteiger charge is 2.10. The number of methoxy groups -OCH3 is 1. The SMILES string of the molecule is COc1cc(C)c(-c2[nH]c(=S)sc2C)cc1C. The second kappa shape index (κ2) is 4.63. The van der Waals surface area contributed by atoms with Crippen LogP contribution in [0.1, 0.15) is 16.0 Å². The molecule has 0 fully saturated rings. The summed E-state index contributed by atoms with van der Waals surface area (Å²) >= 11 is 6.80. The summed E-state index contributed by atoms with van der Waals surface area (Å²) in [5, 5.41) is 0. The summed E-state index contributed by atoms with van der Waals surface area (Å²) in [6, 6.07) is 4.22. The third-order valence-corrected chi connectivity index (χ3v) is 3.99. The molecular formula is C13H15NOS2. The molecule has 1 aromatic carbocycles. The predicted octanol–water partition coefficient (Wildman–Crippen LogP) is 4.41. The van der Waals surface area contributed by atoms with E-state index in [4.69, 9.17) is 17.0 Å². The Bertz CT molecular complexity index is 610. The Morgan fingerprint density at radius 1 is 1.18 bits per heavy atom. The molecule has 0 aliphatic carbocycles. The summed E-state index contributed by atoms with van der Waals surface area (Å²) in [6.45, 7) is 6.23. The third-order valence-electron chi connectivity index (χ3n) is 2.84. The van der Waals surface area contributed by atoms with Gasteiger partial charge in [0.25, 0.3) is 0 Å². The van der Waals surface area contributed by atoms with E-state index in [0.29, 0.717) is 0 Å². The van der Waals surface area contributed by atoms with Crippen molar-refractivity contribution in [3.8, 4) is 17.0 Å². The van der Waals surface area contributed by atoms with E-state index in [2.05, 4.69) is 37.9 Å². The second-order valence-electron chi connectivity index (χ2n) is 4.08. The highest BCUT2D eigenvalue weighted by Crippen LogP contribution is 2.32. The Kier molecular flexibility index (Phi) is 3.35. The van der Waals surface area contributed by atoms with Crippen molar-refractivity contribution < 1.29 is 4.74 Å². The fourth-order valence-electron chi connectivity index (χ4n) is 1.94. The van der Waals surface area contributed by atoms with Gasteiger partial charge >= 0.3 is 0 Å². The van der Waals surface area contributed by atoms with Crippen molar-refractivity contribution in [3.63, 3.8) is 0 Å².